The van der Waals surface area contributed by atoms with E-state index in [0.29, 0.717) is 20.2 Å². The largest absolute Gasteiger partial charge is 0.399 e. The molecule has 0 saturated heterocycles. The van der Waals surface area contributed by atoms with Crippen LogP contribution in [0.1, 0.15) is 15.9 Å². The van der Waals surface area contributed by atoms with Crippen LogP contribution in [0.4, 0.5) is 10.1 Å². The fraction of sp³-hybridized carbons (Fsp3) is 0.0714. The van der Waals surface area contributed by atoms with Gasteiger partial charge in [-0.25, -0.2) is 4.39 Å². The van der Waals surface area contributed by atoms with Crippen LogP contribution in [-0.4, -0.2) is 5.78 Å². The monoisotopic (exact) mass is 385 g/mol. The van der Waals surface area contributed by atoms with Crippen molar-refractivity contribution in [3.05, 3.63) is 62.3 Å². The van der Waals surface area contributed by atoms with Crippen molar-refractivity contribution in [2.45, 2.75) is 6.42 Å². The summed E-state index contributed by atoms with van der Waals surface area (Å²) in [6, 6.07) is 9.36. The highest BCUT2D eigenvalue weighted by Crippen LogP contribution is 2.24. The van der Waals surface area contributed by atoms with Crippen molar-refractivity contribution in [1.29, 1.82) is 0 Å². The van der Waals surface area contributed by atoms with Crippen molar-refractivity contribution in [2.75, 3.05) is 5.73 Å². The molecule has 0 heterocycles. The van der Waals surface area contributed by atoms with Crippen LogP contribution in [-0.2, 0) is 6.42 Å². The number of rotatable bonds is 3. The predicted octanol–water partition coefficient (Wildman–Crippen LogP) is 4.36. The molecule has 0 aromatic heterocycles. The minimum absolute atomic E-state index is 0.0773. The Balaban J connectivity index is 2.28. The molecular weight excluding hydrogens is 377 g/mol. The molecule has 2 N–H and O–H groups in total. The van der Waals surface area contributed by atoms with Gasteiger partial charge in [0, 0.05) is 26.6 Å². The molecule has 5 heteroatoms. The number of anilines is 1. The maximum atomic E-state index is 13.0. The Hall–Kier alpha value is -1.20. The van der Waals surface area contributed by atoms with Crippen molar-refractivity contribution in [1.82, 2.24) is 0 Å². The fourth-order valence-electron chi connectivity index (χ4n) is 1.69. The molecule has 0 atom stereocenters. The lowest BCUT2D eigenvalue weighted by Crippen LogP contribution is -2.06. The van der Waals surface area contributed by atoms with E-state index in [4.69, 9.17) is 5.73 Å². The number of halogens is 3. The van der Waals surface area contributed by atoms with Crippen molar-refractivity contribution in [2.24, 2.45) is 0 Å². The standard InChI is InChI=1S/C14H10Br2FNO/c15-12-4-3-10(18)7-11(12)14(19)5-8-1-2-9(17)6-13(8)16/h1-4,6-7H,5,18H2. The molecule has 0 aliphatic carbocycles. The Morgan fingerprint density at radius 1 is 1.11 bits per heavy atom. The first-order valence-corrected chi connectivity index (χ1v) is 7.08. The maximum Gasteiger partial charge on any atom is 0.168 e. The number of hydrogen-bond acceptors (Lipinski definition) is 2. The van der Waals surface area contributed by atoms with Crippen molar-refractivity contribution in [3.8, 4) is 0 Å². The molecule has 98 valence electrons. The summed E-state index contributed by atoms with van der Waals surface area (Å²) in [7, 11) is 0. The molecule has 2 aromatic rings. The quantitative estimate of drug-likeness (QED) is 0.629. The van der Waals surface area contributed by atoms with Gasteiger partial charge in [0.05, 0.1) is 0 Å². The highest BCUT2D eigenvalue weighted by molar-refractivity contribution is 9.10. The van der Waals surface area contributed by atoms with Crippen LogP contribution >= 0.6 is 31.9 Å². The van der Waals surface area contributed by atoms with Gasteiger partial charge in [-0.05, 0) is 35.9 Å². The Bertz CT molecular complexity index is 643. The molecule has 19 heavy (non-hydrogen) atoms. The molecule has 0 aliphatic heterocycles. The first-order valence-electron chi connectivity index (χ1n) is 5.49. The second-order valence-corrected chi connectivity index (χ2v) is 5.78. The summed E-state index contributed by atoms with van der Waals surface area (Å²) in [4.78, 5) is 12.2. The first kappa shape index (κ1) is 14.2. The number of nitrogen functional groups attached to an aromatic ring is 1. The molecule has 0 unspecified atom stereocenters. The van der Waals surface area contributed by atoms with E-state index in [9.17, 15) is 9.18 Å². The number of Topliss-reactive ketones (excluding diaryl/α,β-unsaturated/α-hetero) is 1. The van der Waals surface area contributed by atoms with Crippen LogP contribution in [0.2, 0.25) is 0 Å². The molecule has 2 nitrogen and oxygen atoms in total. The zero-order valence-corrected chi connectivity index (χ0v) is 13.0. The number of carbonyl (C=O) groups excluding carboxylic acids is 1. The Kier molecular flexibility index (Phi) is 4.37. The van der Waals surface area contributed by atoms with Crippen molar-refractivity contribution < 1.29 is 9.18 Å². The third-order valence-corrected chi connectivity index (χ3v) is 4.09. The lowest BCUT2D eigenvalue weighted by atomic mass is 10.0. The third kappa shape index (κ3) is 3.42. The summed E-state index contributed by atoms with van der Waals surface area (Å²) in [6.07, 6.45) is 0.183. The Morgan fingerprint density at radius 3 is 2.53 bits per heavy atom. The highest BCUT2D eigenvalue weighted by atomic mass is 79.9. The van der Waals surface area contributed by atoms with E-state index in [2.05, 4.69) is 31.9 Å². The van der Waals surface area contributed by atoms with E-state index in [1.54, 1.807) is 24.3 Å². The molecule has 2 aromatic carbocycles. The normalized spacial score (nSPS) is 10.5. The molecule has 0 radical (unpaired) electrons. The van der Waals surface area contributed by atoms with E-state index < -0.39 is 0 Å². The summed E-state index contributed by atoms with van der Waals surface area (Å²) in [5.74, 6) is -0.417. The van der Waals surface area contributed by atoms with Gasteiger partial charge in [-0.2, -0.15) is 0 Å². The van der Waals surface area contributed by atoms with Gasteiger partial charge in [-0.3, -0.25) is 4.79 Å². The summed E-state index contributed by atoms with van der Waals surface area (Å²) < 4.78 is 14.3. The SMILES string of the molecule is Nc1ccc(Br)c(C(=O)Cc2ccc(F)cc2Br)c1. The van der Waals surface area contributed by atoms with E-state index in [1.807, 2.05) is 0 Å². The summed E-state index contributed by atoms with van der Waals surface area (Å²) in [6.45, 7) is 0. The minimum atomic E-state index is -0.340. The fourth-order valence-corrected chi connectivity index (χ4v) is 2.65. The average molecular weight is 387 g/mol. The molecule has 0 amide bonds. The van der Waals surface area contributed by atoms with Crippen LogP contribution in [0.3, 0.4) is 0 Å². The van der Waals surface area contributed by atoms with Gasteiger partial charge < -0.3 is 5.73 Å². The number of nitrogens with two attached hydrogens (primary N) is 1. The zero-order valence-electron chi connectivity index (χ0n) is 9.79. The van der Waals surface area contributed by atoms with Crippen LogP contribution < -0.4 is 5.73 Å². The second-order valence-electron chi connectivity index (χ2n) is 4.07. The topological polar surface area (TPSA) is 43.1 Å². The molecule has 0 saturated carbocycles. The van der Waals surface area contributed by atoms with E-state index in [0.717, 1.165) is 5.56 Å². The third-order valence-electron chi connectivity index (χ3n) is 2.66. The van der Waals surface area contributed by atoms with Crippen LogP contribution in [0.5, 0.6) is 0 Å². The molecular formula is C14H10Br2FNO. The number of ketones is 1. The van der Waals surface area contributed by atoms with Crippen molar-refractivity contribution >= 4 is 43.3 Å². The number of hydrogen-bond donors (Lipinski definition) is 1. The zero-order chi connectivity index (χ0) is 14.0. The van der Waals surface area contributed by atoms with Gasteiger partial charge in [-0.15, -0.1) is 0 Å². The number of benzene rings is 2. The summed E-state index contributed by atoms with van der Waals surface area (Å²) in [5.41, 5.74) is 7.47. The second kappa shape index (κ2) is 5.84. The Labute approximate surface area is 127 Å². The van der Waals surface area contributed by atoms with Gasteiger partial charge in [0.15, 0.2) is 5.78 Å². The van der Waals surface area contributed by atoms with Crippen LogP contribution in [0.25, 0.3) is 0 Å². The lowest BCUT2D eigenvalue weighted by Gasteiger charge is -2.07. The molecule has 0 fully saturated rings. The smallest absolute Gasteiger partial charge is 0.168 e. The molecule has 0 aliphatic rings. The van der Waals surface area contributed by atoms with E-state index in [1.165, 1.54) is 12.1 Å². The lowest BCUT2D eigenvalue weighted by molar-refractivity contribution is 0.0992. The Morgan fingerprint density at radius 2 is 1.84 bits per heavy atom. The summed E-state index contributed by atoms with van der Waals surface area (Å²) >= 11 is 6.58. The van der Waals surface area contributed by atoms with Gasteiger partial charge in [0.25, 0.3) is 0 Å². The van der Waals surface area contributed by atoms with Gasteiger partial charge in [-0.1, -0.05) is 37.9 Å². The van der Waals surface area contributed by atoms with E-state index in [-0.39, 0.29) is 18.0 Å². The molecule has 0 bridgehead atoms. The van der Waals surface area contributed by atoms with Gasteiger partial charge in [0.1, 0.15) is 5.82 Å². The average Bonchev–Trinajstić information content (AvgIpc) is 2.35. The maximum absolute atomic E-state index is 13.0. The summed E-state index contributed by atoms with van der Waals surface area (Å²) in [5, 5.41) is 0. The number of carbonyl (C=O) groups is 1. The first-order chi connectivity index (χ1) is 8.97. The highest BCUT2D eigenvalue weighted by Gasteiger charge is 2.13. The van der Waals surface area contributed by atoms with Gasteiger partial charge in [0.2, 0.25) is 0 Å². The predicted molar refractivity (Wildman–Crippen MR) is 80.7 cm³/mol. The molecule has 0 spiro atoms. The van der Waals surface area contributed by atoms with Crippen molar-refractivity contribution in [3.63, 3.8) is 0 Å². The minimum Gasteiger partial charge on any atom is -0.399 e. The van der Waals surface area contributed by atoms with Gasteiger partial charge >= 0.3 is 0 Å². The van der Waals surface area contributed by atoms with Crippen LogP contribution in [0.15, 0.2) is 45.3 Å². The molecule has 2 rings (SSSR count). The van der Waals surface area contributed by atoms with E-state index >= 15 is 0 Å². The van der Waals surface area contributed by atoms with Crippen LogP contribution in [0, 0.1) is 5.82 Å².